The Morgan fingerprint density at radius 2 is 1.83 bits per heavy atom. The van der Waals surface area contributed by atoms with Crippen LogP contribution in [0.15, 0.2) is 67.0 Å². The van der Waals surface area contributed by atoms with Crippen LogP contribution in [0.25, 0.3) is 10.9 Å². The van der Waals surface area contributed by atoms with Gasteiger partial charge in [0.15, 0.2) is 5.75 Å². The van der Waals surface area contributed by atoms with E-state index in [4.69, 9.17) is 4.74 Å². The molecule has 0 fully saturated rings. The Hall–Kier alpha value is -4.07. The molecule has 0 aliphatic carbocycles. The monoisotopic (exact) mass is 401 g/mol. The zero-order valence-corrected chi connectivity index (χ0v) is 16.5. The van der Waals surface area contributed by atoms with Crippen LogP contribution in [-0.2, 0) is 6.54 Å². The fourth-order valence-electron chi connectivity index (χ4n) is 3.20. The van der Waals surface area contributed by atoms with Crippen molar-refractivity contribution in [3.05, 3.63) is 88.4 Å². The largest absolute Gasteiger partial charge is 0.431 e. The molecule has 8 heteroatoms. The van der Waals surface area contributed by atoms with Crippen LogP contribution >= 0.6 is 0 Å². The molecule has 0 atom stereocenters. The molecule has 2 aromatic heterocycles. The molecule has 150 valence electrons. The number of pyridine rings is 1. The Morgan fingerprint density at radius 3 is 2.60 bits per heavy atom. The molecule has 0 radical (unpaired) electrons. The number of aromatic nitrogens is 3. The molecule has 0 aliphatic heterocycles. The molecule has 8 nitrogen and oxygen atoms in total. The zero-order valence-electron chi connectivity index (χ0n) is 16.5. The van der Waals surface area contributed by atoms with Gasteiger partial charge in [0, 0.05) is 24.7 Å². The smallest absolute Gasteiger partial charge is 0.373 e. The molecule has 0 amide bonds. The summed E-state index contributed by atoms with van der Waals surface area (Å²) in [5.74, 6) is 0.452. The number of hydrogen-bond acceptors (Lipinski definition) is 7. The standard InChI is InChI=1S/C22H19N5O3/c1-15-11-12-17-9-6-10-18(19(17)25-15)30-22-20(27(28)29)21(23-14-24-22)26(2)13-16-7-4-3-5-8-16/h3-12,14H,13H2,1-2H3. The number of hydrogen-bond donors (Lipinski definition) is 0. The Kier molecular flexibility index (Phi) is 5.21. The summed E-state index contributed by atoms with van der Waals surface area (Å²) in [4.78, 5) is 25.8. The molecule has 0 saturated heterocycles. The molecule has 0 spiro atoms. The number of aryl methyl sites for hydroxylation is 1. The van der Waals surface area contributed by atoms with Gasteiger partial charge in [-0.15, -0.1) is 0 Å². The Labute approximate surface area is 173 Å². The maximum Gasteiger partial charge on any atom is 0.373 e. The average Bonchev–Trinajstić information content (AvgIpc) is 2.74. The van der Waals surface area contributed by atoms with Crippen molar-refractivity contribution in [3.8, 4) is 11.6 Å². The first-order chi connectivity index (χ1) is 14.5. The van der Waals surface area contributed by atoms with Crippen LogP contribution in [0.2, 0.25) is 0 Å². The number of anilines is 1. The van der Waals surface area contributed by atoms with E-state index in [1.807, 2.05) is 61.5 Å². The van der Waals surface area contributed by atoms with Gasteiger partial charge in [0.25, 0.3) is 0 Å². The summed E-state index contributed by atoms with van der Waals surface area (Å²) in [6.45, 7) is 2.33. The molecule has 0 aliphatic rings. The van der Waals surface area contributed by atoms with Gasteiger partial charge in [-0.3, -0.25) is 10.1 Å². The normalized spacial score (nSPS) is 10.7. The lowest BCUT2D eigenvalue weighted by Gasteiger charge is -2.18. The fourth-order valence-corrected chi connectivity index (χ4v) is 3.20. The third kappa shape index (κ3) is 3.88. The van der Waals surface area contributed by atoms with E-state index >= 15 is 0 Å². The second kappa shape index (κ2) is 8.12. The summed E-state index contributed by atoms with van der Waals surface area (Å²) in [6.07, 6.45) is 1.27. The number of nitrogens with zero attached hydrogens (tertiary/aromatic N) is 5. The highest BCUT2D eigenvalue weighted by molar-refractivity contribution is 5.85. The van der Waals surface area contributed by atoms with Crippen LogP contribution in [0.5, 0.6) is 11.6 Å². The second-order valence-corrected chi connectivity index (χ2v) is 6.83. The minimum Gasteiger partial charge on any atom is -0.431 e. The van der Waals surface area contributed by atoms with E-state index in [1.165, 1.54) is 6.33 Å². The highest BCUT2D eigenvalue weighted by atomic mass is 16.6. The number of rotatable bonds is 6. The lowest BCUT2D eigenvalue weighted by Crippen LogP contribution is -2.19. The quantitative estimate of drug-likeness (QED) is 0.342. The maximum atomic E-state index is 11.9. The first-order valence-electron chi connectivity index (χ1n) is 9.31. The summed E-state index contributed by atoms with van der Waals surface area (Å²) < 4.78 is 5.90. The van der Waals surface area contributed by atoms with Crippen molar-refractivity contribution in [2.24, 2.45) is 0 Å². The third-order valence-corrected chi connectivity index (χ3v) is 4.61. The van der Waals surface area contributed by atoms with Crippen LogP contribution in [0.1, 0.15) is 11.3 Å². The van der Waals surface area contributed by atoms with Gasteiger partial charge in [-0.1, -0.05) is 48.5 Å². The van der Waals surface area contributed by atoms with Crippen molar-refractivity contribution < 1.29 is 9.66 Å². The summed E-state index contributed by atoms with van der Waals surface area (Å²) in [7, 11) is 1.74. The minimum atomic E-state index is -0.518. The zero-order chi connectivity index (χ0) is 21.1. The third-order valence-electron chi connectivity index (χ3n) is 4.61. The van der Waals surface area contributed by atoms with Gasteiger partial charge in [-0.25, -0.2) is 9.97 Å². The van der Waals surface area contributed by atoms with E-state index in [2.05, 4.69) is 15.0 Å². The SMILES string of the molecule is Cc1ccc2cccc(Oc3ncnc(N(C)Cc4ccccc4)c3[N+](=O)[O-])c2n1. The van der Waals surface area contributed by atoms with E-state index in [0.29, 0.717) is 17.8 Å². The highest BCUT2D eigenvalue weighted by Gasteiger charge is 2.28. The fraction of sp³-hybridized carbons (Fsp3) is 0.136. The molecule has 4 rings (SSSR count). The van der Waals surface area contributed by atoms with Crippen LogP contribution in [-0.4, -0.2) is 26.9 Å². The molecule has 2 heterocycles. The molecule has 30 heavy (non-hydrogen) atoms. The van der Waals surface area contributed by atoms with Crippen LogP contribution < -0.4 is 9.64 Å². The molecule has 0 unspecified atom stereocenters. The molecular formula is C22H19N5O3. The Bertz CT molecular complexity index is 1210. The summed E-state index contributed by atoms with van der Waals surface area (Å²) >= 11 is 0. The maximum absolute atomic E-state index is 11.9. The Morgan fingerprint density at radius 1 is 1.03 bits per heavy atom. The first kappa shape index (κ1) is 19.3. The van der Waals surface area contributed by atoms with Crippen molar-refractivity contribution in [2.45, 2.75) is 13.5 Å². The minimum absolute atomic E-state index is 0.124. The second-order valence-electron chi connectivity index (χ2n) is 6.83. The molecule has 0 saturated carbocycles. The van der Waals surface area contributed by atoms with Gasteiger partial charge >= 0.3 is 11.6 Å². The molecule has 2 aromatic carbocycles. The number of fused-ring (bicyclic) bond motifs is 1. The highest BCUT2D eigenvalue weighted by Crippen LogP contribution is 2.37. The van der Waals surface area contributed by atoms with Gasteiger partial charge in [0.2, 0.25) is 5.82 Å². The number of nitro groups is 1. The summed E-state index contributed by atoms with van der Waals surface area (Å²) in [6, 6.07) is 18.9. The van der Waals surface area contributed by atoms with Gasteiger partial charge in [-0.2, -0.15) is 4.98 Å². The van der Waals surface area contributed by atoms with Crippen molar-refractivity contribution >= 4 is 22.4 Å². The lowest BCUT2D eigenvalue weighted by molar-refractivity contribution is -0.385. The predicted molar refractivity (Wildman–Crippen MR) is 114 cm³/mol. The topological polar surface area (TPSA) is 94.3 Å². The number of para-hydroxylation sites is 1. The van der Waals surface area contributed by atoms with Crippen LogP contribution in [0.3, 0.4) is 0 Å². The van der Waals surface area contributed by atoms with E-state index in [0.717, 1.165) is 16.6 Å². The van der Waals surface area contributed by atoms with Crippen LogP contribution in [0.4, 0.5) is 11.5 Å². The van der Waals surface area contributed by atoms with Crippen molar-refractivity contribution in [1.29, 1.82) is 0 Å². The Balaban J connectivity index is 1.74. The van der Waals surface area contributed by atoms with E-state index in [1.54, 1.807) is 18.0 Å². The lowest BCUT2D eigenvalue weighted by atomic mass is 10.2. The average molecular weight is 401 g/mol. The van der Waals surface area contributed by atoms with E-state index in [9.17, 15) is 10.1 Å². The van der Waals surface area contributed by atoms with E-state index in [-0.39, 0.29) is 17.4 Å². The van der Waals surface area contributed by atoms with Crippen LogP contribution in [0, 0.1) is 17.0 Å². The molecule has 0 N–H and O–H groups in total. The number of benzene rings is 2. The van der Waals surface area contributed by atoms with Gasteiger partial charge in [0.05, 0.1) is 4.92 Å². The van der Waals surface area contributed by atoms with Crippen molar-refractivity contribution in [1.82, 2.24) is 15.0 Å². The summed E-state index contributed by atoms with van der Waals surface area (Å²) in [5.41, 5.74) is 2.15. The summed E-state index contributed by atoms with van der Waals surface area (Å²) in [5, 5.41) is 12.8. The molecular weight excluding hydrogens is 382 g/mol. The molecule has 0 bridgehead atoms. The predicted octanol–water partition coefficient (Wildman–Crippen LogP) is 4.67. The first-order valence-corrected chi connectivity index (χ1v) is 9.31. The van der Waals surface area contributed by atoms with E-state index < -0.39 is 4.92 Å². The van der Waals surface area contributed by atoms with Crippen molar-refractivity contribution in [3.63, 3.8) is 0 Å². The van der Waals surface area contributed by atoms with Gasteiger partial charge in [0.1, 0.15) is 11.8 Å². The van der Waals surface area contributed by atoms with Crippen molar-refractivity contribution in [2.75, 3.05) is 11.9 Å². The number of ether oxygens (including phenoxy) is 1. The molecule has 4 aromatic rings. The van der Waals surface area contributed by atoms with Gasteiger partial charge in [-0.05, 0) is 24.6 Å². The van der Waals surface area contributed by atoms with Gasteiger partial charge < -0.3 is 9.64 Å².